The van der Waals surface area contributed by atoms with Gasteiger partial charge < -0.3 is 11.6 Å². The predicted molar refractivity (Wildman–Crippen MR) is 98.5 cm³/mol. The van der Waals surface area contributed by atoms with Crippen LogP contribution in [0.25, 0.3) is 0 Å². The SMILES string of the molecule is CCCCCCCCCCCCC.O=C(O)CC(C(=O)O)S(=O)(=O)O.[H-].[Na+]. The fourth-order valence-electron chi connectivity index (χ4n) is 2.22. The van der Waals surface area contributed by atoms with Gasteiger partial charge in [-0.2, -0.15) is 8.42 Å². The van der Waals surface area contributed by atoms with Crippen LogP contribution < -0.4 is 29.6 Å². The van der Waals surface area contributed by atoms with Crippen LogP contribution in [0.4, 0.5) is 0 Å². The van der Waals surface area contributed by atoms with Crippen LogP contribution in [0, 0.1) is 0 Å². The van der Waals surface area contributed by atoms with Gasteiger partial charge in [0.05, 0.1) is 6.42 Å². The van der Waals surface area contributed by atoms with Gasteiger partial charge in [-0.1, -0.05) is 84.5 Å². The number of aliphatic carboxylic acids is 2. The van der Waals surface area contributed by atoms with Crippen molar-refractivity contribution in [1.82, 2.24) is 0 Å². The van der Waals surface area contributed by atoms with Crippen LogP contribution in [0.3, 0.4) is 0 Å². The van der Waals surface area contributed by atoms with Crippen molar-refractivity contribution in [2.75, 3.05) is 0 Å². The Balaban J connectivity index is -0.000000183. The monoisotopic (exact) mass is 406 g/mol. The summed E-state index contributed by atoms with van der Waals surface area (Å²) < 4.78 is 28.7. The summed E-state index contributed by atoms with van der Waals surface area (Å²) in [5.74, 6) is -3.50. The summed E-state index contributed by atoms with van der Waals surface area (Å²) >= 11 is 0. The Kier molecular flexibility index (Phi) is 23.1. The summed E-state index contributed by atoms with van der Waals surface area (Å²) in [6, 6.07) is 0. The molecule has 3 N–H and O–H groups in total. The summed E-state index contributed by atoms with van der Waals surface area (Å²) in [6.07, 6.45) is 14.8. The van der Waals surface area contributed by atoms with Crippen molar-refractivity contribution in [2.45, 2.75) is 96.1 Å². The van der Waals surface area contributed by atoms with Gasteiger partial charge in [0.2, 0.25) is 0 Å². The third kappa shape index (κ3) is 21.9. The maximum absolute atomic E-state index is 10.2. The maximum atomic E-state index is 10.2. The molecule has 0 aliphatic heterocycles. The zero-order valence-electron chi connectivity index (χ0n) is 17.4. The standard InChI is InChI=1S/C13H28.C4H6O7S.Na.H/c1-3-5-7-9-11-13-12-10-8-6-4-2;5-3(6)1-2(4(7)8)12(9,10)11;;/h3-13H2,1-2H3;2H,1H2,(H,5,6)(H,7,8)(H,9,10,11);;/q;;+1;-1. The summed E-state index contributed by atoms with van der Waals surface area (Å²) in [5, 5.41) is 13.9. The molecule has 0 aliphatic rings. The van der Waals surface area contributed by atoms with Crippen molar-refractivity contribution in [2.24, 2.45) is 0 Å². The van der Waals surface area contributed by atoms with E-state index in [0.717, 1.165) is 0 Å². The normalized spacial score (nSPS) is 11.7. The molecule has 0 fully saturated rings. The van der Waals surface area contributed by atoms with Crippen LogP contribution in [-0.2, 0) is 19.7 Å². The zero-order valence-corrected chi connectivity index (χ0v) is 19.3. The molecule has 0 aromatic heterocycles. The molecule has 9 heteroatoms. The van der Waals surface area contributed by atoms with E-state index in [2.05, 4.69) is 13.8 Å². The minimum absolute atomic E-state index is 0. The van der Waals surface area contributed by atoms with E-state index in [1.807, 2.05) is 0 Å². The third-order valence-corrected chi connectivity index (χ3v) is 4.79. The maximum Gasteiger partial charge on any atom is 1.00 e. The third-order valence-electron chi connectivity index (χ3n) is 3.70. The average Bonchev–Trinajstić information content (AvgIpc) is 2.50. The second-order valence-corrected chi connectivity index (χ2v) is 7.72. The van der Waals surface area contributed by atoms with E-state index in [1.165, 1.54) is 70.6 Å². The number of hydrogen-bond acceptors (Lipinski definition) is 4. The van der Waals surface area contributed by atoms with Gasteiger partial charge in [0.25, 0.3) is 10.1 Å². The molecule has 26 heavy (non-hydrogen) atoms. The quantitative estimate of drug-likeness (QED) is 0.225. The molecular formula is C17H35NaO7S. The molecule has 7 nitrogen and oxygen atoms in total. The van der Waals surface area contributed by atoms with Crippen LogP contribution in [0.5, 0.6) is 0 Å². The Hall–Kier alpha value is -0.150. The van der Waals surface area contributed by atoms with Crippen molar-refractivity contribution in [3.8, 4) is 0 Å². The summed E-state index contributed by atoms with van der Waals surface area (Å²) in [5.41, 5.74) is 0. The molecule has 0 heterocycles. The molecule has 152 valence electrons. The predicted octanol–water partition coefficient (Wildman–Crippen LogP) is 1.24. The first kappa shape index (κ1) is 30.6. The molecule has 0 saturated heterocycles. The molecule has 0 aliphatic carbocycles. The Morgan fingerprint density at radius 3 is 1.27 bits per heavy atom. The first-order valence-electron chi connectivity index (χ1n) is 9.07. The van der Waals surface area contributed by atoms with Gasteiger partial charge in [-0.3, -0.25) is 14.1 Å². The molecule has 0 saturated carbocycles. The summed E-state index contributed by atoms with van der Waals surface area (Å²) in [4.78, 5) is 20.0. The number of carbonyl (C=O) groups is 2. The smallest absolute Gasteiger partial charge is 1.00 e. The molecule has 0 spiro atoms. The number of carboxylic acid groups (broad SMARTS) is 2. The summed E-state index contributed by atoms with van der Waals surface area (Å²) in [6.45, 7) is 4.56. The van der Waals surface area contributed by atoms with Crippen molar-refractivity contribution >= 4 is 22.1 Å². The molecule has 0 aromatic rings. The van der Waals surface area contributed by atoms with Crippen molar-refractivity contribution in [3.63, 3.8) is 0 Å². The second-order valence-electron chi connectivity index (χ2n) is 6.12. The van der Waals surface area contributed by atoms with Gasteiger partial charge in [0, 0.05) is 0 Å². The molecular weight excluding hydrogens is 371 g/mol. The molecule has 0 rings (SSSR count). The minimum Gasteiger partial charge on any atom is -1.00 e. The van der Waals surface area contributed by atoms with Gasteiger partial charge in [-0.15, -0.1) is 0 Å². The number of rotatable bonds is 14. The summed E-state index contributed by atoms with van der Waals surface area (Å²) in [7, 11) is -4.84. The first-order valence-corrected chi connectivity index (χ1v) is 10.6. The molecule has 0 bridgehead atoms. The van der Waals surface area contributed by atoms with Crippen molar-refractivity contribution in [1.29, 1.82) is 0 Å². The Morgan fingerprint density at radius 2 is 1.12 bits per heavy atom. The molecule has 0 radical (unpaired) electrons. The van der Waals surface area contributed by atoms with Crippen LogP contribution in [0.2, 0.25) is 0 Å². The van der Waals surface area contributed by atoms with Crippen molar-refractivity contribution < 1.29 is 63.8 Å². The van der Waals surface area contributed by atoms with Crippen LogP contribution in [0.15, 0.2) is 0 Å². The minimum atomic E-state index is -4.84. The number of unbranched alkanes of at least 4 members (excludes halogenated alkanes) is 10. The van der Waals surface area contributed by atoms with Crippen LogP contribution in [-0.4, -0.2) is 40.4 Å². The topological polar surface area (TPSA) is 129 Å². The Morgan fingerprint density at radius 1 is 0.808 bits per heavy atom. The largest absolute Gasteiger partial charge is 1.00 e. The average molecular weight is 407 g/mol. The first-order chi connectivity index (χ1) is 11.7. The zero-order chi connectivity index (χ0) is 19.7. The van der Waals surface area contributed by atoms with Gasteiger partial charge in [-0.25, -0.2) is 0 Å². The Labute approximate surface area is 181 Å². The van der Waals surface area contributed by atoms with Gasteiger partial charge in [0.15, 0.2) is 5.25 Å². The molecule has 1 unspecified atom stereocenters. The second kappa shape index (κ2) is 19.6. The number of hydrogen-bond donors (Lipinski definition) is 3. The van der Waals surface area contributed by atoms with Crippen molar-refractivity contribution in [3.05, 3.63) is 0 Å². The van der Waals surface area contributed by atoms with Gasteiger partial charge in [-0.05, 0) is 0 Å². The number of carboxylic acids is 2. The van der Waals surface area contributed by atoms with E-state index in [0.29, 0.717) is 0 Å². The van der Waals surface area contributed by atoms with Gasteiger partial charge >= 0.3 is 41.5 Å². The van der Waals surface area contributed by atoms with E-state index in [1.54, 1.807) is 0 Å². The van der Waals surface area contributed by atoms with E-state index in [4.69, 9.17) is 14.8 Å². The van der Waals surface area contributed by atoms with E-state index in [9.17, 15) is 18.0 Å². The van der Waals surface area contributed by atoms with Crippen LogP contribution >= 0.6 is 0 Å². The van der Waals surface area contributed by atoms with Crippen LogP contribution in [0.1, 0.15) is 92.3 Å². The molecule has 0 aromatic carbocycles. The molecule has 1 atom stereocenters. The van der Waals surface area contributed by atoms with E-state index < -0.39 is 33.7 Å². The Bertz CT molecular complexity index is 448. The van der Waals surface area contributed by atoms with Gasteiger partial charge in [0.1, 0.15) is 0 Å². The van der Waals surface area contributed by atoms with E-state index >= 15 is 0 Å². The molecule has 0 amide bonds. The van der Waals surface area contributed by atoms with E-state index in [-0.39, 0.29) is 31.0 Å². The fourth-order valence-corrected chi connectivity index (χ4v) is 2.82. The fraction of sp³-hybridized carbons (Fsp3) is 0.882.